The Morgan fingerprint density at radius 2 is 2.04 bits per heavy atom. The molecule has 3 heterocycles. The number of piperidine rings is 1. The molecular formula is C19H24N6O. The molecule has 1 unspecified atom stereocenters. The fourth-order valence-electron chi connectivity index (χ4n) is 3.39. The number of aryl methyl sites for hydroxylation is 2. The molecule has 1 atom stereocenters. The molecule has 0 spiro atoms. The van der Waals surface area contributed by atoms with Crippen LogP contribution >= 0.6 is 0 Å². The van der Waals surface area contributed by atoms with E-state index in [1.165, 1.54) is 0 Å². The summed E-state index contributed by atoms with van der Waals surface area (Å²) in [5.74, 6) is 3.00. The number of nitrogens with one attached hydrogen (secondary N) is 1. The molecule has 2 aromatic rings. The number of hydrogen-bond donors (Lipinski definition) is 1. The Morgan fingerprint density at radius 1 is 1.19 bits per heavy atom. The van der Waals surface area contributed by atoms with Crippen LogP contribution in [0.4, 0.5) is 5.82 Å². The van der Waals surface area contributed by atoms with E-state index in [0.717, 1.165) is 61.1 Å². The minimum Gasteiger partial charge on any atom is -0.358 e. The van der Waals surface area contributed by atoms with Crippen molar-refractivity contribution in [1.29, 1.82) is 0 Å². The van der Waals surface area contributed by atoms with Crippen molar-refractivity contribution in [3.05, 3.63) is 41.4 Å². The number of carbonyl (C=O) groups excluding carboxylic acids is 1. The molecule has 4 rings (SSSR count). The summed E-state index contributed by atoms with van der Waals surface area (Å²) < 4.78 is 0. The zero-order valence-electron chi connectivity index (χ0n) is 15.3. The third-order valence-corrected chi connectivity index (χ3v) is 4.85. The average molecular weight is 352 g/mol. The number of likely N-dealkylation sites (tertiary alicyclic amines) is 1. The van der Waals surface area contributed by atoms with Crippen molar-refractivity contribution < 1.29 is 4.79 Å². The van der Waals surface area contributed by atoms with Gasteiger partial charge < -0.3 is 10.2 Å². The van der Waals surface area contributed by atoms with E-state index in [1.54, 1.807) is 6.20 Å². The van der Waals surface area contributed by atoms with Crippen molar-refractivity contribution in [2.75, 3.05) is 11.9 Å². The second kappa shape index (κ2) is 6.97. The summed E-state index contributed by atoms with van der Waals surface area (Å²) in [6, 6.07) is 3.55. The van der Waals surface area contributed by atoms with Gasteiger partial charge in [0, 0.05) is 30.4 Å². The first-order chi connectivity index (χ1) is 12.6. The lowest BCUT2D eigenvalue weighted by molar-refractivity contribution is -0.134. The second-order valence-electron chi connectivity index (χ2n) is 7.22. The maximum absolute atomic E-state index is 12.9. The van der Waals surface area contributed by atoms with Crippen LogP contribution in [0.2, 0.25) is 0 Å². The van der Waals surface area contributed by atoms with Crippen molar-refractivity contribution in [3.8, 4) is 0 Å². The lowest BCUT2D eigenvalue weighted by atomic mass is 10.0. The van der Waals surface area contributed by atoms with Crippen LogP contribution < -0.4 is 5.32 Å². The molecule has 0 aromatic carbocycles. The highest BCUT2D eigenvalue weighted by molar-refractivity contribution is 5.85. The van der Waals surface area contributed by atoms with Gasteiger partial charge >= 0.3 is 0 Å². The minimum absolute atomic E-state index is 0.108. The first-order valence-corrected chi connectivity index (χ1v) is 9.28. The molecule has 1 saturated carbocycles. The molecule has 2 aliphatic rings. The van der Waals surface area contributed by atoms with Crippen molar-refractivity contribution in [1.82, 2.24) is 24.8 Å². The van der Waals surface area contributed by atoms with E-state index in [9.17, 15) is 4.79 Å². The van der Waals surface area contributed by atoms with Gasteiger partial charge in [-0.25, -0.2) is 19.9 Å². The zero-order valence-corrected chi connectivity index (χ0v) is 15.3. The number of hydrogen-bond acceptors (Lipinski definition) is 6. The maximum atomic E-state index is 12.9. The summed E-state index contributed by atoms with van der Waals surface area (Å²) in [5, 5.41) is 3.35. The average Bonchev–Trinajstić information content (AvgIpc) is 3.43. The van der Waals surface area contributed by atoms with Gasteiger partial charge in [0.25, 0.3) is 0 Å². The zero-order chi connectivity index (χ0) is 18.1. The normalized spacial score (nSPS) is 20.3. The van der Waals surface area contributed by atoms with Crippen LogP contribution in [0, 0.1) is 13.8 Å². The molecule has 1 N–H and O–H groups in total. The van der Waals surface area contributed by atoms with Gasteiger partial charge in [0.2, 0.25) is 5.91 Å². The van der Waals surface area contributed by atoms with Crippen LogP contribution in [0.25, 0.3) is 0 Å². The molecule has 1 saturated heterocycles. The van der Waals surface area contributed by atoms with Gasteiger partial charge in [0.05, 0.1) is 12.2 Å². The lowest BCUT2D eigenvalue weighted by Crippen LogP contribution is -2.47. The topological polar surface area (TPSA) is 83.9 Å². The van der Waals surface area contributed by atoms with Gasteiger partial charge in [-0.1, -0.05) is 0 Å². The molecule has 2 aromatic heterocycles. The van der Waals surface area contributed by atoms with E-state index < -0.39 is 0 Å². The molecule has 26 heavy (non-hydrogen) atoms. The van der Waals surface area contributed by atoms with Crippen LogP contribution in [-0.4, -0.2) is 43.3 Å². The summed E-state index contributed by atoms with van der Waals surface area (Å²) in [6.07, 6.45) is 5.85. The molecule has 1 amide bonds. The predicted octanol–water partition coefficient (Wildman–Crippen LogP) is 2.36. The molecule has 0 bridgehead atoms. The van der Waals surface area contributed by atoms with Crippen molar-refractivity contribution in [2.24, 2.45) is 0 Å². The standard InChI is InChI=1S/C19H24N6O/c1-12-10-17(24-18(21-12)14-5-6-14)23-16-4-3-9-25(19(16)26)11-15-7-8-20-13(2)22-15/h7-8,10,14,16H,3-6,9,11H2,1-2H3,(H,21,23,24). The Bertz CT molecular complexity index is 819. The highest BCUT2D eigenvalue weighted by Gasteiger charge is 2.30. The van der Waals surface area contributed by atoms with Gasteiger partial charge in [-0.05, 0) is 45.6 Å². The van der Waals surface area contributed by atoms with Gasteiger partial charge in [0.1, 0.15) is 23.5 Å². The fourth-order valence-corrected chi connectivity index (χ4v) is 3.39. The predicted molar refractivity (Wildman–Crippen MR) is 97.6 cm³/mol. The smallest absolute Gasteiger partial charge is 0.245 e. The molecule has 1 aliphatic carbocycles. The van der Waals surface area contributed by atoms with Crippen LogP contribution in [0.3, 0.4) is 0 Å². The highest BCUT2D eigenvalue weighted by atomic mass is 16.2. The highest BCUT2D eigenvalue weighted by Crippen LogP contribution is 2.38. The lowest BCUT2D eigenvalue weighted by Gasteiger charge is -2.32. The van der Waals surface area contributed by atoms with Crippen LogP contribution in [-0.2, 0) is 11.3 Å². The summed E-state index contributed by atoms with van der Waals surface area (Å²) in [5.41, 5.74) is 1.82. The molecule has 1 aliphatic heterocycles. The summed E-state index contributed by atoms with van der Waals surface area (Å²) >= 11 is 0. The maximum Gasteiger partial charge on any atom is 0.245 e. The molecule has 7 nitrogen and oxygen atoms in total. The van der Waals surface area contributed by atoms with Gasteiger partial charge in [-0.3, -0.25) is 4.79 Å². The monoisotopic (exact) mass is 352 g/mol. The van der Waals surface area contributed by atoms with Gasteiger partial charge in [0.15, 0.2) is 0 Å². The fraction of sp³-hybridized carbons (Fsp3) is 0.526. The first-order valence-electron chi connectivity index (χ1n) is 9.28. The Hall–Kier alpha value is -2.57. The summed E-state index contributed by atoms with van der Waals surface area (Å²) in [4.78, 5) is 32.5. The molecular weight excluding hydrogens is 328 g/mol. The summed E-state index contributed by atoms with van der Waals surface area (Å²) in [7, 11) is 0. The number of amides is 1. The largest absolute Gasteiger partial charge is 0.358 e. The number of anilines is 1. The van der Waals surface area contributed by atoms with E-state index in [0.29, 0.717) is 12.5 Å². The number of nitrogens with zero attached hydrogens (tertiary/aromatic N) is 5. The molecule has 2 fully saturated rings. The minimum atomic E-state index is -0.243. The Balaban J connectivity index is 1.46. The number of aromatic nitrogens is 4. The Kier molecular flexibility index (Phi) is 4.53. The van der Waals surface area contributed by atoms with E-state index in [4.69, 9.17) is 0 Å². The number of carbonyl (C=O) groups is 1. The van der Waals surface area contributed by atoms with Crippen LogP contribution in [0.15, 0.2) is 18.3 Å². The van der Waals surface area contributed by atoms with Gasteiger partial charge in [-0.15, -0.1) is 0 Å². The number of rotatable bonds is 5. The SMILES string of the molecule is Cc1cc(NC2CCCN(Cc3ccnc(C)n3)C2=O)nc(C2CC2)n1. The third-order valence-electron chi connectivity index (χ3n) is 4.85. The van der Waals surface area contributed by atoms with E-state index >= 15 is 0 Å². The van der Waals surface area contributed by atoms with Crippen LogP contribution in [0.5, 0.6) is 0 Å². The third kappa shape index (κ3) is 3.81. The molecule has 7 heteroatoms. The molecule has 136 valence electrons. The van der Waals surface area contributed by atoms with E-state index in [-0.39, 0.29) is 11.9 Å². The Morgan fingerprint density at radius 3 is 2.81 bits per heavy atom. The van der Waals surface area contributed by atoms with E-state index in [1.807, 2.05) is 30.9 Å². The van der Waals surface area contributed by atoms with Crippen molar-refractivity contribution in [3.63, 3.8) is 0 Å². The first kappa shape index (κ1) is 16.9. The van der Waals surface area contributed by atoms with Crippen molar-refractivity contribution in [2.45, 2.75) is 58.0 Å². The van der Waals surface area contributed by atoms with Crippen molar-refractivity contribution >= 4 is 11.7 Å². The van der Waals surface area contributed by atoms with Gasteiger partial charge in [-0.2, -0.15) is 0 Å². The van der Waals surface area contributed by atoms with Crippen LogP contribution in [0.1, 0.15) is 54.6 Å². The Labute approximate surface area is 153 Å². The second-order valence-corrected chi connectivity index (χ2v) is 7.22. The summed E-state index contributed by atoms with van der Waals surface area (Å²) in [6.45, 7) is 5.12. The molecule has 0 radical (unpaired) electrons. The van der Waals surface area contributed by atoms with E-state index in [2.05, 4.69) is 25.3 Å². The quantitative estimate of drug-likeness (QED) is 0.889.